The monoisotopic (exact) mass is 434 g/mol. The molecule has 4 rings (SSSR count). The van der Waals surface area contributed by atoms with E-state index in [1.165, 1.54) is 24.4 Å². The summed E-state index contributed by atoms with van der Waals surface area (Å²) in [6, 6.07) is 9.50. The third kappa shape index (κ3) is 4.36. The zero-order valence-corrected chi connectivity index (χ0v) is 17.6. The Kier molecular flexibility index (Phi) is 5.48. The molecule has 162 valence electrons. The van der Waals surface area contributed by atoms with Gasteiger partial charge in [0, 0.05) is 54.6 Å². The number of amides is 1. The maximum absolute atomic E-state index is 13.5. The highest BCUT2D eigenvalue weighted by molar-refractivity contribution is 6.03. The summed E-state index contributed by atoms with van der Waals surface area (Å²) in [6.45, 7) is 2.59. The second-order valence-corrected chi connectivity index (χ2v) is 7.34. The van der Waals surface area contributed by atoms with E-state index in [0.29, 0.717) is 5.69 Å². The number of aryl methyl sites for hydroxylation is 1. The Labute approximate surface area is 183 Å². The predicted molar refractivity (Wildman–Crippen MR) is 119 cm³/mol. The van der Waals surface area contributed by atoms with Crippen molar-refractivity contribution in [2.24, 2.45) is 0 Å². The van der Waals surface area contributed by atoms with Crippen LogP contribution in [0.1, 0.15) is 28.8 Å². The van der Waals surface area contributed by atoms with E-state index in [1.807, 2.05) is 19.1 Å². The van der Waals surface area contributed by atoms with Gasteiger partial charge < -0.3 is 10.6 Å². The van der Waals surface area contributed by atoms with Crippen LogP contribution in [0, 0.1) is 6.92 Å². The van der Waals surface area contributed by atoms with Crippen molar-refractivity contribution in [3.05, 3.63) is 72.1 Å². The SMILES string of the molecule is CNc1cc2ncc(-c3cc(NC(=O)c4cccc(C(C)(F)F)n4)cnc3C)cc2cn1. The number of halogens is 2. The van der Waals surface area contributed by atoms with Crippen molar-refractivity contribution in [2.45, 2.75) is 19.8 Å². The van der Waals surface area contributed by atoms with Gasteiger partial charge in [0.15, 0.2) is 0 Å². The number of aromatic nitrogens is 4. The Balaban J connectivity index is 1.63. The van der Waals surface area contributed by atoms with Crippen LogP contribution in [-0.2, 0) is 5.92 Å². The van der Waals surface area contributed by atoms with E-state index in [0.717, 1.165) is 40.5 Å². The lowest BCUT2D eigenvalue weighted by Crippen LogP contribution is -2.17. The highest BCUT2D eigenvalue weighted by Crippen LogP contribution is 2.28. The summed E-state index contributed by atoms with van der Waals surface area (Å²) in [6.07, 6.45) is 4.96. The number of nitrogens with zero attached hydrogens (tertiary/aromatic N) is 4. The number of hydrogen-bond acceptors (Lipinski definition) is 6. The molecule has 0 unspecified atom stereocenters. The van der Waals surface area contributed by atoms with E-state index in [9.17, 15) is 13.6 Å². The summed E-state index contributed by atoms with van der Waals surface area (Å²) < 4.78 is 27.1. The molecule has 0 aliphatic carbocycles. The van der Waals surface area contributed by atoms with Gasteiger partial charge in [0.1, 0.15) is 17.2 Å². The van der Waals surface area contributed by atoms with Crippen molar-refractivity contribution in [3.63, 3.8) is 0 Å². The summed E-state index contributed by atoms with van der Waals surface area (Å²) in [5.41, 5.74) is 2.96. The van der Waals surface area contributed by atoms with Crippen LogP contribution in [0.15, 0.2) is 55.0 Å². The van der Waals surface area contributed by atoms with Crippen LogP contribution in [0.5, 0.6) is 0 Å². The van der Waals surface area contributed by atoms with Gasteiger partial charge in [0.05, 0.1) is 17.4 Å². The fraction of sp³-hybridized carbons (Fsp3) is 0.174. The average Bonchev–Trinajstić information content (AvgIpc) is 2.79. The molecule has 4 aromatic heterocycles. The van der Waals surface area contributed by atoms with Crippen LogP contribution >= 0.6 is 0 Å². The van der Waals surface area contributed by atoms with E-state index < -0.39 is 17.5 Å². The van der Waals surface area contributed by atoms with Gasteiger partial charge >= 0.3 is 0 Å². The van der Waals surface area contributed by atoms with Gasteiger partial charge in [-0.3, -0.25) is 14.8 Å². The molecule has 7 nitrogen and oxygen atoms in total. The van der Waals surface area contributed by atoms with Gasteiger partial charge in [-0.05, 0) is 31.2 Å². The first-order valence-corrected chi connectivity index (χ1v) is 9.82. The smallest absolute Gasteiger partial charge is 0.287 e. The van der Waals surface area contributed by atoms with E-state index in [-0.39, 0.29) is 5.69 Å². The maximum atomic E-state index is 13.5. The third-order valence-electron chi connectivity index (χ3n) is 4.91. The van der Waals surface area contributed by atoms with E-state index in [1.54, 1.807) is 25.5 Å². The zero-order valence-electron chi connectivity index (χ0n) is 17.6. The molecule has 0 aliphatic heterocycles. The van der Waals surface area contributed by atoms with Gasteiger partial charge in [0.25, 0.3) is 11.8 Å². The molecule has 0 aliphatic rings. The Morgan fingerprint density at radius 1 is 1.03 bits per heavy atom. The van der Waals surface area contributed by atoms with Crippen molar-refractivity contribution in [3.8, 4) is 11.1 Å². The molecule has 4 heterocycles. The minimum atomic E-state index is -3.14. The summed E-state index contributed by atoms with van der Waals surface area (Å²) in [5, 5.41) is 6.51. The fourth-order valence-corrected chi connectivity index (χ4v) is 3.20. The predicted octanol–water partition coefficient (Wildman–Crippen LogP) is 4.80. The zero-order chi connectivity index (χ0) is 22.9. The Bertz CT molecular complexity index is 1320. The third-order valence-corrected chi connectivity index (χ3v) is 4.91. The number of nitrogens with one attached hydrogen (secondary N) is 2. The molecule has 2 N–H and O–H groups in total. The molecule has 0 saturated carbocycles. The quantitative estimate of drug-likeness (QED) is 0.469. The van der Waals surface area contributed by atoms with Crippen LogP contribution < -0.4 is 10.6 Å². The van der Waals surface area contributed by atoms with Gasteiger partial charge in [-0.25, -0.2) is 9.97 Å². The lowest BCUT2D eigenvalue weighted by atomic mass is 10.0. The number of pyridine rings is 4. The molecule has 0 saturated heterocycles. The molecular formula is C23H20F2N6O. The number of carbonyl (C=O) groups is 1. The molecule has 0 fully saturated rings. The van der Waals surface area contributed by atoms with Crippen LogP contribution in [-0.4, -0.2) is 32.9 Å². The van der Waals surface area contributed by atoms with Crippen molar-refractivity contribution < 1.29 is 13.6 Å². The second kappa shape index (κ2) is 8.26. The van der Waals surface area contributed by atoms with Crippen molar-refractivity contribution in [1.29, 1.82) is 0 Å². The molecular weight excluding hydrogens is 414 g/mol. The van der Waals surface area contributed by atoms with Crippen molar-refractivity contribution in [2.75, 3.05) is 17.7 Å². The van der Waals surface area contributed by atoms with Crippen LogP contribution in [0.2, 0.25) is 0 Å². The molecule has 0 radical (unpaired) electrons. The summed E-state index contributed by atoms with van der Waals surface area (Å²) in [7, 11) is 1.79. The van der Waals surface area contributed by atoms with Gasteiger partial charge in [-0.15, -0.1) is 0 Å². The van der Waals surface area contributed by atoms with E-state index >= 15 is 0 Å². The molecule has 0 aromatic carbocycles. The van der Waals surface area contributed by atoms with Crippen LogP contribution in [0.3, 0.4) is 0 Å². The second-order valence-electron chi connectivity index (χ2n) is 7.34. The molecule has 9 heteroatoms. The summed E-state index contributed by atoms with van der Waals surface area (Å²) in [4.78, 5) is 29.5. The minimum Gasteiger partial charge on any atom is -0.373 e. The summed E-state index contributed by atoms with van der Waals surface area (Å²) >= 11 is 0. The van der Waals surface area contributed by atoms with E-state index in [2.05, 4.69) is 30.6 Å². The van der Waals surface area contributed by atoms with Crippen molar-refractivity contribution >= 4 is 28.3 Å². The number of anilines is 2. The number of rotatable bonds is 5. The molecule has 4 aromatic rings. The number of carbonyl (C=O) groups excluding carboxylic acids is 1. The highest BCUT2D eigenvalue weighted by Gasteiger charge is 2.27. The minimum absolute atomic E-state index is 0.107. The normalized spacial score (nSPS) is 11.4. The van der Waals surface area contributed by atoms with Gasteiger partial charge in [-0.2, -0.15) is 8.78 Å². The molecule has 0 atom stereocenters. The first-order valence-electron chi connectivity index (χ1n) is 9.82. The Morgan fingerprint density at radius 2 is 1.84 bits per heavy atom. The topological polar surface area (TPSA) is 92.7 Å². The van der Waals surface area contributed by atoms with Gasteiger partial charge in [0.2, 0.25) is 0 Å². The lowest BCUT2D eigenvalue weighted by Gasteiger charge is -2.12. The molecule has 0 bridgehead atoms. The average molecular weight is 434 g/mol. The number of alkyl halides is 2. The van der Waals surface area contributed by atoms with Crippen LogP contribution in [0.25, 0.3) is 22.0 Å². The van der Waals surface area contributed by atoms with E-state index in [4.69, 9.17) is 0 Å². The lowest BCUT2D eigenvalue weighted by molar-refractivity contribution is 0.0126. The number of fused-ring (bicyclic) bond motifs is 1. The largest absolute Gasteiger partial charge is 0.373 e. The van der Waals surface area contributed by atoms with Crippen molar-refractivity contribution in [1.82, 2.24) is 19.9 Å². The molecule has 1 amide bonds. The standard InChI is InChI=1S/C23H20F2N6O/c1-13-17(14-7-15-11-29-21(26-3)9-19(15)28-10-14)8-16(12-27-13)30-22(32)18-5-4-6-20(31-18)23(2,24)25/h4-12H,1-3H3,(H,26,29)(H,30,32). The Hall–Kier alpha value is -4.01. The molecule has 0 spiro atoms. The summed E-state index contributed by atoms with van der Waals surface area (Å²) in [5.74, 6) is -3.02. The van der Waals surface area contributed by atoms with Crippen LogP contribution in [0.4, 0.5) is 20.3 Å². The van der Waals surface area contributed by atoms with Gasteiger partial charge in [-0.1, -0.05) is 6.07 Å². The first kappa shape index (κ1) is 21.2. The highest BCUT2D eigenvalue weighted by atomic mass is 19.3. The fourth-order valence-electron chi connectivity index (χ4n) is 3.20. The first-order chi connectivity index (χ1) is 15.2. The Morgan fingerprint density at radius 3 is 2.59 bits per heavy atom. The number of hydrogen-bond donors (Lipinski definition) is 2. The maximum Gasteiger partial charge on any atom is 0.287 e. The molecule has 32 heavy (non-hydrogen) atoms.